The summed E-state index contributed by atoms with van der Waals surface area (Å²) in [4.78, 5) is 29.5. The highest BCUT2D eigenvalue weighted by Crippen LogP contribution is 2.39. The van der Waals surface area contributed by atoms with Crippen molar-refractivity contribution in [2.75, 3.05) is 14.2 Å². The molecule has 0 spiro atoms. The maximum Gasteiger partial charge on any atom is 0.249 e. The molecule has 1 saturated heterocycles. The third-order valence-electron chi connectivity index (χ3n) is 6.84. The second-order valence-electron chi connectivity index (χ2n) is 9.26. The Balaban J connectivity index is 1.50. The van der Waals surface area contributed by atoms with Crippen molar-refractivity contribution in [3.05, 3.63) is 124 Å². The van der Waals surface area contributed by atoms with Crippen molar-refractivity contribution in [2.24, 2.45) is 0 Å². The first kappa shape index (κ1) is 26.3. The van der Waals surface area contributed by atoms with E-state index in [1.165, 1.54) is 11.3 Å². The topological polar surface area (TPSA) is 67.9 Å². The van der Waals surface area contributed by atoms with Crippen molar-refractivity contribution < 1.29 is 19.1 Å². The Hall–Kier alpha value is -4.36. The van der Waals surface area contributed by atoms with Gasteiger partial charge < -0.3 is 19.7 Å². The molecule has 1 aromatic heterocycles. The van der Waals surface area contributed by atoms with Crippen LogP contribution in [0.15, 0.2) is 102 Å². The number of carbonyl (C=O) groups excluding carboxylic acids is 2. The molecule has 1 N–H and O–H groups in total. The van der Waals surface area contributed by atoms with Crippen molar-refractivity contribution in [1.82, 2.24) is 10.2 Å². The van der Waals surface area contributed by atoms with Crippen LogP contribution in [0, 0.1) is 0 Å². The fourth-order valence-corrected chi connectivity index (χ4v) is 5.54. The molecule has 0 bridgehead atoms. The second-order valence-corrected chi connectivity index (χ2v) is 10.3. The van der Waals surface area contributed by atoms with E-state index in [4.69, 9.17) is 9.47 Å². The minimum Gasteiger partial charge on any atom is -0.497 e. The third-order valence-corrected chi connectivity index (χ3v) is 7.72. The van der Waals surface area contributed by atoms with Crippen LogP contribution in [0.3, 0.4) is 0 Å². The molecule has 2 amide bonds. The van der Waals surface area contributed by atoms with Gasteiger partial charge in [0.25, 0.3) is 0 Å². The Morgan fingerprint density at radius 2 is 1.51 bits per heavy atom. The van der Waals surface area contributed by atoms with E-state index in [1.807, 2.05) is 113 Å². The summed E-state index contributed by atoms with van der Waals surface area (Å²) in [7, 11) is 3.26. The van der Waals surface area contributed by atoms with Crippen LogP contribution in [-0.2, 0) is 16.0 Å². The summed E-state index contributed by atoms with van der Waals surface area (Å²) in [5.41, 5.74) is 2.90. The van der Waals surface area contributed by atoms with Crippen molar-refractivity contribution in [2.45, 2.75) is 24.5 Å². The van der Waals surface area contributed by atoms with Crippen LogP contribution in [0.5, 0.6) is 11.5 Å². The molecule has 0 aliphatic carbocycles. The van der Waals surface area contributed by atoms with Crippen molar-refractivity contribution in [1.29, 1.82) is 0 Å². The highest BCUT2D eigenvalue weighted by Gasteiger charge is 2.50. The molecule has 0 radical (unpaired) electrons. The molecule has 7 heteroatoms. The lowest BCUT2D eigenvalue weighted by molar-refractivity contribution is -0.153. The number of nitrogens with one attached hydrogen (secondary N) is 1. The Labute approximate surface area is 232 Å². The number of nitrogens with zero attached hydrogens (tertiary/aromatic N) is 1. The average molecular weight is 539 g/mol. The number of carbonyl (C=O) groups is 2. The highest BCUT2D eigenvalue weighted by molar-refractivity contribution is 7.10. The van der Waals surface area contributed by atoms with Crippen LogP contribution in [0.4, 0.5) is 0 Å². The number of hydrogen-bond acceptors (Lipinski definition) is 5. The van der Waals surface area contributed by atoms with E-state index in [0.717, 1.165) is 33.1 Å². The van der Waals surface area contributed by atoms with Gasteiger partial charge in [-0.2, -0.15) is 0 Å². The lowest BCUT2D eigenvalue weighted by Gasteiger charge is -2.50. The smallest absolute Gasteiger partial charge is 0.249 e. The Morgan fingerprint density at radius 1 is 0.897 bits per heavy atom. The number of likely N-dealkylation sites (tertiary alicyclic amines) is 1. The van der Waals surface area contributed by atoms with Gasteiger partial charge in [-0.3, -0.25) is 9.59 Å². The third kappa shape index (κ3) is 5.89. The summed E-state index contributed by atoms with van der Waals surface area (Å²) in [6.45, 7) is 0. The van der Waals surface area contributed by atoms with Gasteiger partial charge in [0, 0.05) is 4.88 Å². The number of hydrogen-bond donors (Lipinski definition) is 1. The number of β-lactam (4-membered cyclic amide) rings is 1. The van der Waals surface area contributed by atoms with E-state index in [9.17, 15) is 9.59 Å². The zero-order valence-corrected chi connectivity index (χ0v) is 22.6. The van der Waals surface area contributed by atoms with E-state index < -0.39 is 6.04 Å². The number of thiophene rings is 1. The second kappa shape index (κ2) is 12.0. The predicted molar refractivity (Wildman–Crippen MR) is 154 cm³/mol. The Morgan fingerprint density at radius 3 is 2.05 bits per heavy atom. The zero-order valence-electron chi connectivity index (χ0n) is 21.8. The van der Waals surface area contributed by atoms with Crippen molar-refractivity contribution >= 4 is 29.2 Å². The number of methoxy groups -OCH3 is 2. The Bertz CT molecular complexity index is 1370. The van der Waals surface area contributed by atoms with Crippen molar-refractivity contribution in [3.8, 4) is 11.5 Å². The van der Waals surface area contributed by atoms with E-state index in [-0.39, 0.29) is 30.3 Å². The minimum absolute atomic E-state index is 0.131. The molecule has 6 nitrogen and oxygen atoms in total. The summed E-state index contributed by atoms with van der Waals surface area (Å²) in [5.74, 6) is 1.18. The zero-order chi connectivity index (χ0) is 27.2. The van der Waals surface area contributed by atoms with Gasteiger partial charge in [0.05, 0.1) is 32.7 Å². The molecule has 2 heterocycles. The lowest BCUT2D eigenvalue weighted by Crippen LogP contribution is -2.70. The van der Waals surface area contributed by atoms with Crippen LogP contribution in [-0.4, -0.2) is 43.0 Å². The Kier molecular flexibility index (Phi) is 8.08. The summed E-state index contributed by atoms with van der Waals surface area (Å²) in [6, 6.07) is 27.9. The van der Waals surface area contributed by atoms with Crippen molar-refractivity contribution in [3.63, 3.8) is 0 Å². The molecule has 39 heavy (non-hydrogen) atoms. The molecule has 2 atom stereocenters. The van der Waals surface area contributed by atoms with E-state index in [1.54, 1.807) is 14.2 Å². The van der Waals surface area contributed by atoms with E-state index in [2.05, 4.69) is 5.32 Å². The average Bonchev–Trinajstić information content (AvgIpc) is 3.49. The molecular formula is C32H30N2O4S. The molecule has 198 valence electrons. The number of ether oxygens (including phenoxy) is 2. The first-order chi connectivity index (χ1) is 19.1. The number of benzene rings is 3. The molecule has 1 fully saturated rings. The number of rotatable bonds is 10. The first-order valence-corrected chi connectivity index (χ1v) is 13.6. The van der Waals surface area contributed by atoms with Gasteiger partial charge >= 0.3 is 0 Å². The first-order valence-electron chi connectivity index (χ1n) is 12.7. The number of amides is 2. The van der Waals surface area contributed by atoms with E-state index >= 15 is 0 Å². The highest BCUT2D eigenvalue weighted by atomic mass is 32.1. The normalized spacial score (nSPS) is 16.8. The summed E-state index contributed by atoms with van der Waals surface area (Å²) in [6.07, 6.45) is 4.26. The van der Waals surface area contributed by atoms with Gasteiger partial charge in [0.2, 0.25) is 11.8 Å². The van der Waals surface area contributed by atoms with Crippen LogP contribution in [0.2, 0.25) is 0 Å². The van der Waals surface area contributed by atoms with Crippen LogP contribution in [0.25, 0.3) is 6.08 Å². The largest absolute Gasteiger partial charge is 0.497 e. The standard InChI is InChI=1S/C32H30N2O4S/c1-37-25-15-11-23(12-16-25)31(24-13-17-26(38-2)18-14-24)34-28(19-10-22-7-4-3-5-8-22)30(32(34)36)33-29(35)21-27-9-6-20-39-27/h3-20,28,30-31H,21H2,1-2H3,(H,33,35). The SMILES string of the molecule is COc1ccc(C(c2ccc(OC)cc2)N2C(=O)C(NC(=O)Cc3cccs3)C2C=Cc2ccccc2)cc1. The van der Waals surface area contributed by atoms with E-state index in [0.29, 0.717) is 0 Å². The van der Waals surface area contributed by atoms with Gasteiger partial charge in [-0.1, -0.05) is 72.8 Å². The summed E-state index contributed by atoms with van der Waals surface area (Å²) in [5, 5.41) is 4.94. The molecule has 5 rings (SSSR count). The van der Waals surface area contributed by atoms with Crippen LogP contribution >= 0.6 is 11.3 Å². The summed E-state index contributed by atoms with van der Waals surface area (Å²) >= 11 is 1.53. The lowest BCUT2D eigenvalue weighted by atomic mass is 9.86. The molecule has 1 aliphatic rings. The fourth-order valence-electron chi connectivity index (χ4n) is 4.84. The molecule has 0 saturated carbocycles. The molecule has 1 aliphatic heterocycles. The summed E-state index contributed by atoms with van der Waals surface area (Å²) < 4.78 is 10.7. The predicted octanol–water partition coefficient (Wildman–Crippen LogP) is 5.51. The van der Waals surface area contributed by atoms with Gasteiger partial charge in [-0.15, -0.1) is 11.3 Å². The van der Waals surface area contributed by atoms with Gasteiger partial charge in [-0.05, 0) is 52.4 Å². The fraction of sp³-hybridized carbons (Fsp3) is 0.188. The molecule has 2 unspecified atom stereocenters. The molecule has 4 aromatic rings. The maximum atomic E-state index is 13.8. The molecule has 3 aromatic carbocycles. The van der Waals surface area contributed by atoms with Gasteiger partial charge in [0.15, 0.2) is 0 Å². The molecular weight excluding hydrogens is 508 g/mol. The minimum atomic E-state index is -0.656. The van der Waals surface area contributed by atoms with Gasteiger partial charge in [0.1, 0.15) is 17.5 Å². The van der Waals surface area contributed by atoms with Crippen LogP contribution < -0.4 is 14.8 Å². The van der Waals surface area contributed by atoms with Gasteiger partial charge in [-0.25, -0.2) is 0 Å². The quantitative estimate of drug-likeness (QED) is 0.271. The van der Waals surface area contributed by atoms with Crippen LogP contribution in [0.1, 0.15) is 27.6 Å². The monoisotopic (exact) mass is 538 g/mol. The maximum absolute atomic E-state index is 13.8.